The van der Waals surface area contributed by atoms with E-state index in [1.807, 2.05) is 13.0 Å². The number of hydrogen-bond donors (Lipinski definition) is 3. The normalized spacial score (nSPS) is 18.8. The van der Waals surface area contributed by atoms with Crippen LogP contribution >= 0.6 is 0 Å². The van der Waals surface area contributed by atoms with Crippen LogP contribution in [-0.2, 0) is 0 Å². The number of alkyl halides is 3. The van der Waals surface area contributed by atoms with E-state index >= 15 is 0 Å². The van der Waals surface area contributed by atoms with Crippen LogP contribution < -0.4 is 15.8 Å². The maximum atomic E-state index is 12.3. The lowest BCUT2D eigenvalue weighted by Crippen LogP contribution is -2.26. The van der Waals surface area contributed by atoms with Crippen molar-refractivity contribution in [1.82, 2.24) is 10.2 Å². The first-order valence-corrected chi connectivity index (χ1v) is 8.21. The number of aliphatic imine (C=N–C) groups is 1. The van der Waals surface area contributed by atoms with Crippen LogP contribution in [0.3, 0.4) is 0 Å². The molecule has 0 saturated carbocycles. The maximum Gasteiger partial charge on any atom is 0.573 e. The van der Waals surface area contributed by atoms with Gasteiger partial charge in [0.1, 0.15) is 11.9 Å². The van der Waals surface area contributed by atoms with Crippen LogP contribution in [0.1, 0.15) is 18.9 Å². The zero-order valence-electron chi connectivity index (χ0n) is 14.4. The van der Waals surface area contributed by atoms with Gasteiger partial charge in [0.05, 0.1) is 6.20 Å². The third-order valence-corrected chi connectivity index (χ3v) is 3.97. The molecule has 0 spiro atoms. The standard InChI is InChI=1S/C18H18F3N5O/c1-2-15(22)16-14(11-9-24-25-10-11)7-8-23-17(16)26-12-3-5-13(6-4-12)27-18(19,20)21/h3-10,17,26H,2,22H2,1H3,(H,24,25)/b16-15-. The van der Waals surface area contributed by atoms with Gasteiger partial charge in [-0.3, -0.25) is 10.1 Å². The van der Waals surface area contributed by atoms with E-state index in [1.54, 1.807) is 18.6 Å². The summed E-state index contributed by atoms with van der Waals surface area (Å²) in [6.07, 6.45) is 2.38. The lowest BCUT2D eigenvalue weighted by Gasteiger charge is -2.25. The van der Waals surface area contributed by atoms with E-state index in [4.69, 9.17) is 5.73 Å². The molecule has 1 aliphatic heterocycles. The van der Waals surface area contributed by atoms with Crippen molar-refractivity contribution in [3.8, 4) is 5.75 Å². The molecule has 2 heterocycles. The van der Waals surface area contributed by atoms with Crippen LogP contribution in [0.5, 0.6) is 5.75 Å². The van der Waals surface area contributed by atoms with Gasteiger partial charge in [-0.15, -0.1) is 13.2 Å². The molecular weight excluding hydrogens is 359 g/mol. The van der Waals surface area contributed by atoms with Crippen molar-refractivity contribution in [2.45, 2.75) is 25.9 Å². The number of nitrogens with zero attached hydrogens (tertiary/aromatic N) is 2. The highest BCUT2D eigenvalue weighted by Crippen LogP contribution is 2.32. The Labute approximate surface area is 153 Å². The molecule has 2 aromatic rings. The smallest absolute Gasteiger partial charge is 0.406 e. The number of allylic oxidation sites excluding steroid dienone is 2. The average Bonchev–Trinajstić information content (AvgIpc) is 3.16. The molecule has 1 aromatic heterocycles. The molecular formula is C18H18F3N5O. The number of ether oxygens (including phenoxy) is 1. The molecule has 0 bridgehead atoms. The van der Waals surface area contributed by atoms with E-state index in [0.29, 0.717) is 17.8 Å². The largest absolute Gasteiger partial charge is 0.573 e. The van der Waals surface area contributed by atoms with Gasteiger partial charge in [-0.25, -0.2) is 0 Å². The molecule has 0 aliphatic carbocycles. The second-order valence-corrected chi connectivity index (χ2v) is 5.78. The van der Waals surface area contributed by atoms with E-state index in [0.717, 1.165) is 16.7 Å². The summed E-state index contributed by atoms with van der Waals surface area (Å²) in [6.45, 7) is 1.94. The molecule has 3 rings (SSSR count). The van der Waals surface area contributed by atoms with E-state index < -0.39 is 12.5 Å². The molecule has 1 aromatic carbocycles. The van der Waals surface area contributed by atoms with Gasteiger partial charge in [-0.1, -0.05) is 6.92 Å². The zero-order valence-corrected chi connectivity index (χ0v) is 14.4. The van der Waals surface area contributed by atoms with Crippen molar-refractivity contribution in [2.24, 2.45) is 10.7 Å². The van der Waals surface area contributed by atoms with E-state index in [-0.39, 0.29) is 5.75 Å². The topological polar surface area (TPSA) is 88.3 Å². The summed E-state index contributed by atoms with van der Waals surface area (Å²) < 4.78 is 40.7. The maximum absolute atomic E-state index is 12.3. The Morgan fingerprint density at radius 2 is 2.04 bits per heavy atom. The zero-order chi connectivity index (χ0) is 19.4. The van der Waals surface area contributed by atoms with Gasteiger partial charge in [0.2, 0.25) is 0 Å². The number of hydrogen-bond acceptors (Lipinski definition) is 5. The van der Waals surface area contributed by atoms with Gasteiger partial charge in [0.15, 0.2) is 0 Å². The van der Waals surface area contributed by atoms with E-state index in [2.05, 4.69) is 25.2 Å². The predicted molar refractivity (Wildman–Crippen MR) is 97.1 cm³/mol. The van der Waals surface area contributed by atoms with Crippen molar-refractivity contribution in [1.29, 1.82) is 0 Å². The molecule has 9 heteroatoms. The minimum Gasteiger partial charge on any atom is -0.406 e. The van der Waals surface area contributed by atoms with Gasteiger partial charge in [0, 0.05) is 34.9 Å². The van der Waals surface area contributed by atoms with Crippen LogP contribution in [0.15, 0.2) is 59.0 Å². The number of rotatable bonds is 5. The monoisotopic (exact) mass is 377 g/mol. The van der Waals surface area contributed by atoms with Crippen LogP contribution in [-0.4, -0.2) is 28.9 Å². The van der Waals surface area contributed by atoms with Crippen LogP contribution in [0.25, 0.3) is 5.57 Å². The molecule has 1 atom stereocenters. The number of nitrogens with two attached hydrogens (primary N) is 1. The van der Waals surface area contributed by atoms with Crippen molar-refractivity contribution in [2.75, 3.05) is 5.32 Å². The highest BCUT2D eigenvalue weighted by Gasteiger charge is 2.31. The van der Waals surface area contributed by atoms with E-state index in [9.17, 15) is 13.2 Å². The molecule has 1 aliphatic rings. The fourth-order valence-corrected chi connectivity index (χ4v) is 2.72. The number of benzene rings is 1. The molecule has 0 radical (unpaired) electrons. The second-order valence-electron chi connectivity index (χ2n) is 5.78. The van der Waals surface area contributed by atoms with Crippen LogP contribution in [0, 0.1) is 0 Å². The summed E-state index contributed by atoms with van der Waals surface area (Å²) >= 11 is 0. The highest BCUT2D eigenvalue weighted by molar-refractivity contribution is 5.95. The van der Waals surface area contributed by atoms with Gasteiger partial charge < -0.3 is 15.8 Å². The summed E-state index contributed by atoms with van der Waals surface area (Å²) in [7, 11) is 0. The SMILES string of the molecule is CC/C(N)=C1\C(c2cn[nH]c2)=CC=NC1Nc1ccc(OC(F)(F)F)cc1. The van der Waals surface area contributed by atoms with Crippen molar-refractivity contribution < 1.29 is 17.9 Å². The molecule has 27 heavy (non-hydrogen) atoms. The first-order valence-electron chi connectivity index (χ1n) is 8.21. The van der Waals surface area contributed by atoms with Gasteiger partial charge in [-0.05, 0) is 42.3 Å². The van der Waals surface area contributed by atoms with Gasteiger partial charge in [-0.2, -0.15) is 5.10 Å². The minimum absolute atomic E-state index is 0.289. The number of H-pyrrole nitrogens is 1. The summed E-state index contributed by atoms with van der Waals surface area (Å²) in [5.74, 6) is -0.289. The fraction of sp³-hybridized carbons (Fsp3) is 0.222. The Morgan fingerprint density at radius 3 is 2.63 bits per heavy atom. The van der Waals surface area contributed by atoms with Crippen molar-refractivity contribution >= 4 is 17.5 Å². The average molecular weight is 377 g/mol. The first-order chi connectivity index (χ1) is 12.9. The molecule has 1 unspecified atom stereocenters. The second kappa shape index (κ2) is 7.56. The number of halogens is 3. The van der Waals surface area contributed by atoms with Crippen molar-refractivity contribution in [3.63, 3.8) is 0 Å². The molecule has 142 valence electrons. The molecule has 4 N–H and O–H groups in total. The Kier molecular flexibility index (Phi) is 5.20. The molecule has 0 amide bonds. The highest BCUT2D eigenvalue weighted by atomic mass is 19.4. The third-order valence-electron chi connectivity index (χ3n) is 3.97. The summed E-state index contributed by atoms with van der Waals surface area (Å²) in [5, 5.41) is 9.92. The predicted octanol–water partition coefficient (Wildman–Crippen LogP) is 3.84. The summed E-state index contributed by atoms with van der Waals surface area (Å²) in [4.78, 5) is 4.42. The van der Waals surface area contributed by atoms with E-state index in [1.165, 1.54) is 24.3 Å². The third kappa shape index (κ3) is 4.49. The Balaban J connectivity index is 1.84. The molecule has 6 nitrogen and oxygen atoms in total. The van der Waals surface area contributed by atoms with Gasteiger partial charge in [0.25, 0.3) is 0 Å². The molecule has 0 saturated heterocycles. The quantitative estimate of drug-likeness (QED) is 0.739. The summed E-state index contributed by atoms with van der Waals surface area (Å²) in [5.41, 5.74) is 10.0. The Hall–Kier alpha value is -3.23. The number of aromatic nitrogens is 2. The van der Waals surface area contributed by atoms with Gasteiger partial charge >= 0.3 is 6.36 Å². The Morgan fingerprint density at radius 1 is 1.30 bits per heavy atom. The number of anilines is 1. The van der Waals surface area contributed by atoms with Crippen molar-refractivity contribution in [3.05, 3.63) is 59.6 Å². The summed E-state index contributed by atoms with van der Waals surface area (Å²) in [6, 6.07) is 5.46. The van der Waals surface area contributed by atoms with Crippen LogP contribution in [0.2, 0.25) is 0 Å². The lowest BCUT2D eigenvalue weighted by molar-refractivity contribution is -0.274. The first kappa shape index (κ1) is 18.6. The lowest BCUT2D eigenvalue weighted by atomic mass is 9.93. The number of nitrogens with one attached hydrogen (secondary N) is 2. The Bertz CT molecular complexity index is 867. The number of aromatic amines is 1. The molecule has 0 fully saturated rings. The number of dihydropyridines is 1. The minimum atomic E-state index is -4.72. The fourth-order valence-electron chi connectivity index (χ4n) is 2.72. The van der Waals surface area contributed by atoms with Crippen LogP contribution in [0.4, 0.5) is 18.9 Å².